The van der Waals surface area contributed by atoms with Gasteiger partial charge in [0.15, 0.2) is 0 Å². The number of pyridine rings is 1. The summed E-state index contributed by atoms with van der Waals surface area (Å²) in [5, 5.41) is 9.25. The van der Waals surface area contributed by atoms with E-state index in [-0.39, 0.29) is 6.04 Å². The van der Waals surface area contributed by atoms with Crippen LogP contribution in [-0.2, 0) is 7.05 Å². The summed E-state index contributed by atoms with van der Waals surface area (Å²) in [7, 11) is 3.93. The zero-order valence-corrected chi connectivity index (χ0v) is 16.9. The molecule has 0 fully saturated rings. The second kappa shape index (κ2) is 6.93. The van der Waals surface area contributed by atoms with Gasteiger partial charge in [-0.3, -0.25) is 9.67 Å². The predicted molar refractivity (Wildman–Crippen MR) is 117 cm³/mol. The Morgan fingerprint density at radius 2 is 2.07 bits per heavy atom. The molecule has 0 aliphatic carbocycles. The Balaban J connectivity index is 1.40. The number of aromatic nitrogens is 4. The van der Waals surface area contributed by atoms with Gasteiger partial charge in [0.25, 0.3) is 0 Å². The summed E-state index contributed by atoms with van der Waals surface area (Å²) < 4.78 is 1.78. The molecule has 4 heterocycles. The molecule has 29 heavy (non-hydrogen) atoms. The average Bonchev–Trinajstić information content (AvgIpc) is 3.42. The number of aliphatic imine (C=N–C) groups is 1. The van der Waals surface area contributed by atoms with Crippen molar-refractivity contribution in [3.05, 3.63) is 59.5 Å². The molecule has 8 heteroatoms. The third-order valence-corrected chi connectivity index (χ3v) is 5.51. The highest BCUT2D eigenvalue weighted by molar-refractivity contribution is 6.33. The number of benzene rings is 1. The molecular formula is C21H20ClN7. The van der Waals surface area contributed by atoms with Crippen molar-refractivity contribution in [3.8, 4) is 11.3 Å². The molecule has 0 radical (unpaired) electrons. The van der Waals surface area contributed by atoms with Crippen molar-refractivity contribution in [1.82, 2.24) is 24.6 Å². The fourth-order valence-corrected chi connectivity index (χ4v) is 3.85. The fourth-order valence-electron chi connectivity index (χ4n) is 3.61. The van der Waals surface area contributed by atoms with Crippen LogP contribution in [0.2, 0.25) is 5.02 Å². The van der Waals surface area contributed by atoms with Crippen molar-refractivity contribution in [2.24, 2.45) is 12.0 Å². The number of nitrogens with zero attached hydrogens (tertiary/aromatic N) is 5. The normalized spacial score (nSPS) is 16.1. The first-order valence-electron chi connectivity index (χ1n) is 9.33. The zero-order valence-electron chi connectivity index (χ0n) is 16.1. The van der Waals surface area contributed by atoms with E-state index in [1.165, 1.54) is 0 Å². The van der Waals surface area contributed by atoms with Gasteiger partial charge in [0.1, 0.15) is 5.82 Å². The SMILES string of the molecule is CN1C=NCC1c1ccc(Nc2cc3[nH]c(-c4cnn(C)c4)cc3cn2)c(Cl)c1. The lowest BCUT2D eigenvalue weighted by Gasteiger charge is -2.20. The third kappa shape index (κ3) is 3.34. The van der Waals surface area contributed by atoms with Gasteiger partial charge in [-0.05, 0) is 23.8 Å². The molecule has 0 saturated heterocycles. The summed E-state index contributed by atoms with van der Waals surface area (Å²) in [5.74, 6) is 0.730. The molecule has 1 atom stereocenters. The van der Waals surface area contributed by atoms with Gasteiger partial charge in [0, 0.05) is 49.2 Å². The topological polar surface area (TPSA) is 74.1 Å². The maximum Gasteiger partial charge on any atom is 0.132 e. The van der Waals surface area contributed by atoms with Crippen LogP contribution < -0.4 is 5.32 Å². The minimum absolute atomic E-state index is 0.237. The summed E-state index contributed by atoms with van der Waals surface area (Å²) >= 11 is 6.54. The predicted octanol–water partition coefficient (Wildman–Crippen LogP) is 4.38. The molecule has 0 bridgehead atoms. The van der Waals surface area contributed by atoms with Gasteiger partial charge in [-0.25, -0.2) is 4.98 Å². The van der Waals surface area contributed by atoms with Crippen LogP contribution in [0.3, 0.4) is 0 Å². The maximum atomic E-state index is 6.54. The Hall–Kier alpha value is -3.32. The molecule has 2 N–H and O–H groups in total. The Kier molecular flexibility index (Phi) is 4.24. The number of anilines is 2. The van der Waals surface area contributed by atoms with Gasteiger partial charge in [-0.2, -0.15) is 5.10 Å². The number of H-pyrrole nitrogens is 1. The Bertz CT molecular complexity index is 1220. The zero-order chi connectivity index (χ0) is 20.0. The molecule has 146 valence electrons. The summed E-state index contributed by atoms with van der Waals surface area (Å²) in [6.07, 6.45) is 7.53. The van der Waals surface area contributed by atoms with Crippen molar-refractivity contribution in [2.45, 2.75) is 6.04 Å². The van der Waals surface area contributed by atoms with E-state index in [0.29, 0.717) is 5.02 Å². The van der Waals surface area contributed by atoms with Crippen LogP contribution in [0.5, 0.6) is 0 Å². The van der Waals surface area contributed by atoms with Gasteiger partial charge < -0.3 is 15.2 Å². The van der Waals surface area contributed by atoms with Crippen molar-refractivity contribution in [3.63, 3.8) is 0 Å². The third-order valence-electron chi connectivity index (χ3n) is 5.19. The highest BCUT2D eigenvalue weighted by Crippen LogP contribution is 2.32. The molecule has 0 saturated carbocycles. The number of nitrogens with one attached hydrogen (secondary N) is 2. The number of likely N-dealkylation sites (N-methyl/N-ethyl adjacent to an activating group) is 1. The van der Waals surface area contributed by atoms with Gasteiger partial charge in [-0.1, -0.05) is 17.7 Å². The molecule has 0 spiro atoms. The maximum absolute atomic E-state index is 6.54. The van der Waals surface area contributed by atoms with E-state index in [0.717, 1.165) is 45.8 Å². The van der Waals surface area contributed by atoms with E-state index in [1.54, 1.807) is 4.68 Å². The van der Waals surface area contributed by atoms with Crippen LogP contribution in [0.15, 0.2) is 53.9 Å². The first-order valence-corrected chi connectivity index (χ1v) is 9.71. The molecule has 1 unspecified atom stereocenters. The van der Waals surface area contributed by atoms with E-state index in [4.69, 9.17) is 11.6 Å². The van der Waals surface area contributed by atoms with Crippen LogP contribution in [-0.4, -0.2) is 44.6 Å². The summed E-state index contributed by atoms with van der Waals surface area (Å²) in [4.78, 5) is 14.4. The first kappa shape index (κ1) is 17.8. The number of rotatable bonds is 4. The average molecular weight is 406 g/mol. The fraction of sp³-hybridized carbons (Fsp3) is 0.190. The van der Waals surface area contributed by atoms with Gasteiger partial charge >= 0.3 is 0 Å². The van der Waals surface area contributed by atoms with Crippen molar-refractivity contribution < 1.29 is 0 Å². The summed E-state index contributed by atoms with van der Waals surface area (Å²) in [5.41, 5.74) is 5.02. The van der Waals surface area contributed by atoms with Crippen molar-refractivity contribution in [1.29, 1.82) is 0 Å². The Morgan fingerprint density at radius 3 is 2.79 bits per heavy atom. The molecule has 5 rings (SSSR count). The lowest BCUT2D eigenvalue weighted by atomic mass is 10.1. The highest BCUT2D eigenvalue weighted by atomic mass is 35.5. The van der Waals surface area contributed by atoms with Crippen molar-refractivity contribution >= 4 is 40.3 Å². The minimum Gasteiger partial charge on any atom is -0.357 e. The molecule has 3 aromatic heterocycles. The van der Waals surface area contributed by atoms with E-state index in [1.807, 2.05) is 57.2 Å². The largest absolute Gasteiger partial charge is 0.357 e. The molecule has 1 aromatic carbocycles. The lowest BCUT2D eigenvalue weighted by Crippen LogP contribution is -2.19. The molecule has 0 amide bonds. The number of hydrogen-bond donors (Lipinski definition) is 2. The van der Waals surface area contributed by atoms with Crippen LogP contribution >= 0.6 is 11.6 Å². The highest BCUT2D eigenvalue weighted by Gasteiger charge is 2.19. The van der Waals surface area contributed by atoms with Crippen LogP contribution in [0.1, 0.15) is 11.6 Å². The molecule has 1 aliphatic rings. The van der Waals surface area contributed by atoms with E-state index in [9.17, 15) is 0 Å². The van der Waals surface area contributed by atoms with Gasteiger partial charge in [-0.15, -0.1) is 0 Å². The molecule has 4 aromatic rings. The standard InChI is InChI=1S/C21H20ClN7/c1-28-12-23-10-20(28)13-3-4-17(16(22)5-13)27-21-7-19-14(8-24-21)6-18(26-19)15-9-25-29(2)11-15/h3-9,11-12,20,26H,10H2,1-2H3,(H,24,27). The second-order valence-electron chi connectivity index (χ2n) is 7.27. The number of aromatic amines is 1. The summed E-state index contributed by atoms with van der Waals surface area (Å²) in [6, 6.07) is 10.4. The van der Waals surface area contributed by atoms with E-state index >= 15 is 0 Å². The molecule has 1 aliphatic heterocycles. The first-order chi connectivity index (χ1) is 14.1. The van der Waals surface area contributed by atoms with Crippen LogP contribution in [0, 0.1) is 0 Å². The Morgan fingerprint density at radius 1 is 1.17 bits per heavy atom. The number of hydrogen-bond acceptors (Lipinski definition) is 5. The number of halogens is 1. The molecular weight excluding hydrogens is 386 g/mol. The lowest BCUT2D eigenvalue weighted by molar-refractivity contribution is 0.426. The quantitative estimate of drug-likeness (QED) is 0.528. The number of aryl methyl sites for hydroxylation is 1. The monoisotopic (exact) mass is 405 g/mol. The smallest absolute Gasteiger partial charge is 0.132 e. The van der Waals surface area contributed by atoms with Crippen LogP contribution in [0.25, 0.3) is 22.2 Å². The van der Waals surface area contributed by atoms with Gasteiger partial charge in [0.05, 0.1) is 41.3 Å². The Labute approximate surface area is 173 Å². The summed E-state index contributed by atoms with van der Waals surface area (Å²) in [6.45, 7) is 0.754. The minimum atomic E-state index is 0.237. The van der Waals surface area contributed by atoms with E-state index < -0.39 is 0 Å². The molecule has 7 nitrogen and oxygen atoms in total. The van der Waals surface area contributed by atoms with Crippen LogP contribution in [0.4, 0.5) is 11.5 Å². The number of fused-ring (bicyclic) bond motifs is 1. The van der Waals surface area contributed by atoms with E-state index in [2.05, 4.69) is 42.4 Å². The second-order valence-corrected chi connectivity index (χ2v) is 7.68. The van der Waals surface area contributed by atoms with Gasteiger partial charge in [0.2, 0.25) is 0 Å². The van der Waals surface area contributed by atoms with Crippen molar-refractivity contribution in [2.75, 3.05) is 18.9 Å².